The van der Waals surface area contributed by atoms with E-state index in [0.717, 1.165) is 5.56 Å². The Morgan fingerprint density at radius 1 is 1.35 bits per heavy atom. The predicted molar refractivity (Wildman–Crippen MR) is 73.1 cm³/mol. The van der Waals surface area contributed by atoms with Gasteiger partial charge < -0.3 is 14.7 Å². The van der Waals surface area contributed by atoms with E-state index >= 15 is 0 Å². The summed E-state index contributed by atoms with van der Waals surface area (Å²) in [5.41, 5.74) is 0.789. The van der Waals surface area contributed by atoms with Gasteiger partial charge in [-0.25, -0.2) is 0 Å². The molecule has 1 heterocycles. The van der Waals surface area contributed by atoms with Crippen molar-refractivity contribution < 1.29 is 19.4 Å². The summed E-state index contributed by atoms with van der Waals surface area (Å²) in [6.07, 6.45) is 0.680. The summed E-state index contributed by atoms with van der Waals surface area (Å²) in [7, 11) is 1.49. The molecule has 1 N–H and O–H groups in total. The zero-order chi connectivity index (χ0) is 14.5. The molecule has 5 nitrogen and oxygen atoms in total. The summed E-state index contributed by atoms with van der Waals surface area (Å²) < 4.78 is 5.31. The second-order valence-corrected chi connectivity index (χ2v) is 4.99. The van der Waals surface area contributed by atoms with Crippen LogP contribution in [0.3, 0.4) is 0 Å². The summed E-state index contributed by atoms with van der Waals surface area (Å²) >= 11 is 0. The van der Waals surface area contributed by atoms with Crippen LogP contribution in [0.15, 0.2) is 30.3 Å². The molecule has 1 aliphatic heterocycles. The van der Waals surface area contributed by atoms with Gasteiger partial charge in [-0.15, -0.1) is 0 Å². The Morgan fingerprint density at radius 3 is 2.65 bits per heavy atom. The molecule has 0 radical (unpaired) electrons. The molecule has 2 rings (SSSR count). The maximum Gasteiger partial charge on any atom is 0.308 e. The maximum atomic E-state index is 12.5. The van der Waals surface area contributed by atoms with Gasteiger partial charge in [-0.3, -0.25) is 9.59 Å². The van der Waals surface area contributed by atoms with Gasteiger partial charge in [-0.05, 0) is 18.4 Å². The Balaban J connectivity index is 2.11. The molecular weight excluding hydrogens is 258 g/mol. The molecule has 1 aromatic rings. The number of carbonyl (C=O) groups excluding carboxylic acids is 1. The van der Waals surface area contributed by atoms with E-state index in [2.05, 4.69) is 0 Å². The third kappa shape index (κ3) is 3.17. The first-order valence-corrected chi connectivity index (χ1v) is 6.73. The average Bonchev–Trinajstić information content (AvgIpc) is 2.49. The van der Waals surface area contributed by atoms with Crippen LogP contribution >= 0.6 is 0 Å². The van der Waals surface area contributed by atoms with Gasteiger partial charge in [0, 0.05) is 20.2 Å². The van der Waals surface area contributed by atoms with Gasteiger partial charge in [0.15, 0.2) is 6.10 Å². The molecule has 0 aromatic heterocycles. The number of aliphatic carboxylic acids is 1. The van der Waals surface area contributed by atoms with Gasteiger partial charge in [-0.1, -0.05) is 30.3 Å². The van der Waals surface area contributed by atoms with Crippen molar-refractivity contribution >= 4 is 11.9 Å². The number of carboxylic acid groups (broad SMARTS) is 1. The first-order chi connectivity index (χ1) is 9.63. The van der Waals surface area contributed by atoms with Crippen molar-refractivity contribution in [3.63, 3.8) is 0 Å². The maximum absolute atomic E-state index is 12.5. The molecule has 1 fully saturated rings. The van der Waals surface area contributed by atoms with E-state index in [-0.39, 0.29) is 12.5 Å². The molecule has 0 spiro atoms. The molecule has 1 amide bonds. The van der Waals surface area contributed by atoms with Crippen molar-refractivity contribution in [3.8, 4) is 0 Å². The van der Waals surface area contributed by atoms with Crippen LogP contribution in [0.4, 0.5) is 0 Å². The first-order valence-electron chi connectivity index (χ1n) is 6.73. The zero-order valence-corrected chi connectivity index (χ0v) is 11.5. The van der Waals surface area contributed by atoms with Gasteiger partial charge in [0.25, 0.3) is 5.91 Å². The SMILES string of the molecule is CO[C@@H](C(=O)N1CCC[C@@H](C(=O)O)C1)c1ccccc1. The largest absolute Gasteiger partial charge is 0.481 e. The van der Waals surface area contributed by atoms with Crippen molar-refractivity contribution in [3.05, 3.63) is 35.9 Å². The van der Waals surface area contributed by atoms with Crippen LogP contribution < -0.4 is 0 Å². The molecule has 0 bridgehead atoms. The van der Waals surface area contributed by atoms with E-state index in [9.17, 15) is 9.59 Å². The fourth-order valence-corrected chi connectivity index (χ4v) is 2.55. The van der Waals surface area contributed by atoms with Crippen molar-refractivity contribution in [2.24, 2.45) is 5.92 Å². The molecule has 1 saturated heterocycles. The number of likely N-dealkylation sites (tertiary alicyclic amines) is 1. The number of benzene rings is 1. The second kappa shape index (κ2) is 6.52. The number of hydrogen-bond donors (Lipinski definition) is 1. The molecule has 20 heavy (non-hydrogen) atoms. The van der Waals surface area contributed by atoms with Gasteiger partial charge in [-0.2, -0.15) is 0 Å². The Kier molecular flexibility index (Phi) is 4.74. The standard InChI is InChI=1S/C15H19NO4/c1-20-13(11-6-3-2-4-7-11)14(17)16-9-5-8-12(10-16)15(18)19/h2-4,6-7,12-13H,5,8-10H2,1H3,(H,18,19)/t12-,13-/m1/s1. The van der Waals surface area contributed by atoms with Crippen LogP contribution in [0.25, 0.3) is 0 Å². The van der Waals surface area contributed by atoms with E-state index in [1.165, 1.54) is 7.11 Å². The molecular formula is C15H19NO4. The van der Waals surface area contributed by atoms with Crippen molar-refractivity contribution in [2.75, 3.05) is 20.2 Å². The fraction of sp³-hybridized carbons (Fsp3) is 0.467. The van der Waals surface area contributed by atoms with Gasteiger partial charge in [0.2, 0.25) is 0 Å². The summed E-state index contributed by atoms with van der Waals surface area (Å²) in [5, 5.41) is 9.08. The van der Waals surface area contributed by atoms with Crippen molar-refractivity contribution in [2.45, 2.75) is 18.9 Å². The number of methoxy groups -OCH3 is 1. The highest BCUT2D eigenvalue weighted by atomic mass is 16.5. The number of nitrogens with zero attached hydrogens (tertiary/aromatic N) is 1. The smallest absolute Gasteiger partial charge is 0.308 e. The van der Waals surface area contributed by atoms with Crippen molar-refractivity contribution in [1.29, 1.82) is 0 Å². The van der Waals surface area contributed by atoms with E-state index in [4.69, 9.17) is 9.84 Å². The van der Waals surface area contributed by atoms with E-state index in [1.54, 1.807) is 4.90 Å². The van der Waals surface area contributed by atoms with Crippen LogP contribution in [0.5, 0.6) is 0 Å². The van der Waals surface area contributed by atoms with E-state index < -0.39 is 18.0 Å². The molecule has 0 saturated carbocycles. The highest BCUT2D eigenvalue weighted by molar-refractivity contribution is 5.83. The lowest BCUT2D eigenvalue weighted by molar-refractivity contribution is -0.149. The number of carbonyl (C=O) groups is 2. The number of amides is 1. The minimum absolute atomic E-state index is 0.162. The normalized spacial score (nSPS) is 20.4. The summed E-state index contributed by atoms with van der Waals surface area (Å²) in [5.74, 6) is -1.47. The molecule has 0 unspecified atom stereocenters. The molecule has 1 aromatic carbocycles. The number of rotatable bonds is 4. The quantitative estimate of drug-likeness (QED) is 0.909. The lowest BCUT2D eigenvalue weighted by atomic mass is 9.97. The molecule has 5 heteroatoms. The lowest BCUT2D eigenvalue weighted by Gasteiger charge is -2.33. The zero-order valence-electron chi connectivity index (χ0n) is 11.5. The number of carboxylic acids is 1. The average molecular weight is 277 g/mol. The van der Waals surface area contributed by atoms with E-state index in [0.29, 0.717) is 19.4 Å². The number of piperidine rings is 1. The monoisotopic (exact) mass is 277 g/mol. The number of hydrogen-bond acceptors (Lipinski definition) is 3. The van der Waals surface area contributed by atoms with Crippen LogP contribution in [-0.4, -0.2) is 42.1 Å². The highest BCUT2D eigenvalue weighted by Crippen LogP contribution is 2.23. The van der Waals surface area contributed by atoms with Gasteiger partial charge in [0.05, 0.1) is 5.92 Å². The highest BCUT2D eigenvalue weighted by Gasteiger charge is 2.32. The van der Waals surface area contributed by atoms with Crippen LogP contribution in [0.2, 0.25) is 0 Å². The third-order valence-electron chi connectivity index (χ3n) is 3.64. The lowest BCUT2D eigenvalue weighted by Crippen LogP contribution is -2.44. The van der Waals surface area contributed by atoms with Crippen LogP contribution in [-0.2, 0) is 14.3 Å². The first kappa shape index (κ1) is 14.5. The Labute approximate surface area is 118 Å². The van der Waals surface area contributed by atoms with Crippen molar-refractivity contribution in [1.82, 2.24) is 4.90 Å². The molecule has 108 valence electrons. The van der Waals surface area contributed by atoms with Crippen LogP contribution in [0, 0.1) is 5.92 Å². The summed E-state index contributed by atoms with van der Waals surface area (Å²) in [4.78, 5) is 25.2. The Hall–Kier alpha value is -1.88. The fourth-order valence-electron chi connectivity index (χ4n) is 2.55. The third-order valence-corrected chi connectivity index (χ3v) is 3.64. The molecule has 2 atom stereocenters. The summed E-state index contributed by atoms with van der Waals surface area (Å²) in [6, 6.07) is 9.26. The Bertz CT molecular complexity index is 474. The predicted octanol–water partition coefficient (Wildman–Crippen LogP) is 1.70. The topological polar surface area (TPSA) is 66.8 Å². The van der Waals surface area contributed by atoms with Gasteiger partial charge >= 0.3 is 5.97 Å². The second-order valence-electron chi connectivity index (χ2n) is 4.99. The number of ether oxygens (including phenoxy) is 1. The molecule has 0 aliphatic carbocycles. The molecule has 1 aliphatic rings. The van der Waals surface area contributed by atoms with Crippen LogP contribution in [0.1, 0.15) is 24.5 Å². The summed E-state index contributed by atoms with van der Waals surface area (Å²) in [6.45, 7) is 0.857. The van der Waals surface area contributed by atoms with Gasteiger partial charge in [0.1, 0.15) is 0 Å². The van der Waals surface area contributed by atoms with E-state index in [1.807, 2.05) is 30.3 Å². The minimum atomic E-state index is -0.837. The minimum Gasteiger partial charge on any atom is -0.481 e. The Morgan fingerprint density at radius 2 is 2.05 bits per heavy atom.